The lowest BCUT2D eigenvalue weighted by Gasteiger charge is -2.37. The number of amides is 5. The number of Topliss-reactive ketones (excluding diaryl/α,β-unsaturated/α-hetero) is 1. The van der Waals surface area contributed by atoms with Crippen molar-refractivity contribution < 1.29 is 28.8 Å². The highest BCUT2D eigenvalue weighted by Crippen LogP contribution is 2.43. The largest absolute Gasteiger partial charge is 0.347 e. The van der Waals surface area contributed by atoms with E-state index in [9.17, 15) is 28.8 Å². The second-order valence-electron chi connectivity index (χ2n) is 14.7. The number of nitrogens with one attached hydrogen (secondary N) is 4. The van der Waals surface area contributed by atoms with Crippen LogP contribution >= 0.6 is 0 Å². The van der Waals surface area contributed by atoms with E-state index in [-0.39, 0.29) is 29.5 Å². The van der Waals surface area contributed by atoms with Gasteiger partial charge in [-0.05, 0) is 61.7 Å². The molecule has 1 aromatic heterocycles. The van der Waals surface area contributed by atoms with Gasteiger partial charge in [-0.3, -0.25) is 33.8 Å². The molecule has 13 nitrogen and oxygen atoms in total. The molecule has 2 aliphatic carbocycles. The Morgan fingerprint density at radius 1 is 0.957 bits per heavy atom. The number of aromatic nitrogens is 2. The Morgan fingerprint density at radius 3 is 2.23 bits per heavy atom. The zero-order chi connectivity index (χ0) is 34.5. The number of hydrogen-bond acceptors (Lipinski definition) is 8. The molecule has 0 radical (unpaired) electrons. The first-order valence-corrected chi connectivity index (χ1v) is 17.1. The van der Waals surface area contributed by atoms with Crippen LogP contribution in [0.5, 0.6) is 0 Å². The average Bonchev–Trinajstić information content (AvgIpc) is 3.60. The summed E-state index contributed by atoms with van der Waals surface area (Å²) in [5, 5.41) is 11.2. The second-order valence-corrected chi connectivity index (χ2v) is 14.7. The van der Waals surface area contributed by atoms with Crippen molar-refractivity contribution in [2.24, 2.45) is 23.2 Å². The first kappa shape index (κ1) is 35.9. The monoisotopic (exact) mass is 653 g/mol. The Kier molecular flexibility index (Phi) is 11.7. The maximum absolute atomic E-state index is 14.4. The van der Waals surface area contributed by atoms with E-state index in [4.69, 9.17) is 0 Å². The molecule has 0 bridgehead atoms. The van der Waals surface area contributed by atoms with Crippen molar-refractivity contribution in [2.75, 3.05) is 6.54 Å². The molecule has 47 heavy (non-hydrogen) atoms. The number of carbonyl (C=O) groups excluding carboxylic acids is 6. The summed E-state index contributed by atoms with van der Waals surface area (Å²) < 4.78 is 0. The standard InChI is InChI=1S/C34H51N7O6/c1-7-10-23(27(42)32(46)37-21-12-9-13-21)38-31(45)26-22-14-8-11-20(22)18-41(26)33(47)28(34(4,5)6)40-30(44)25(19(2)3)39-29(43)24-17-35-15-16-36-24/h15-17,19-23,25-26,28H,7-14,18H2,1-6H3,(H,37,46)(H,38,45)(H,39,43)(H,40,44)/t20-,22-,23?,25+,26?,28?/m0/s1. The van der Waals surface area contributed by atoms with Gasteiger partial charge in [0.15, 0.2) is 0 Å². The van der Waals surface area contributed by atoms with E-state index in [1.165, 1.54) is 18.6 Å². The van der Waals surface area contributed by atoms with E-state index in [0.717, 1.165) is 38.5 Å². The molecule has 4 rings (SSSR count). The molecule has 1 saturated heterocycles. The highest BCUT2D eigenvalue weighted by Gasteiger charge is 2.52. The summed E-state index contributed by atoms with van der Waals surface area (Å²) >= 11 is 0. The van der Waals surface area contributed by atoms with Gasteiger partial charge in [0.05, 0.1) is 12.2 Å². The number of likely N-dealkylation sites (tertiary alicyclic amines) is 1. The minimum atomic E-state index is -1.01. The molecule has 3 aliphatic rings. The first-order chi connectivity index (χ1) is 22.2. The van der Waals surface area contributed by atoms with Gasteiger partial charge in [-0.15, -0.1) is 0 Å². The van der Waals surface area contributed by atoms with Crippen molar-refractivity contribution in [1.29, 1.82) is 0 Å². The van der Waals surface area contributed by atoms with Gasteiger partial charge in [0.25, 0.3) is 11.8 Å². The Hall–Kier alpha value is -3.90. The first-order valence-electron chi connectivity index (χ1n) is 17.1. The summed E-state index contributed by atoms with van der Waals surface area (Å²) in [5.74, 6) is -3.60. The number of rotatable bonds is 13. The number of nitrogens with zero attached hydrogens (tertiary/aromatic N) is 3. The highest BCUT2D eigenvalue weighted by molar-refractivity contribution is 6.38. The van der Waals surface area contributed by atoms with Crippen LogP contribution in [-0.4, -0.2) is 86.9 Å². The lowest BCUT2D eigenvalue weighted by Crippen LogP contribution is -2.62. The molecule has 0 spiro atoms. The maximum atomic E-state index is 14.4. The van der Waals surface area contributed by atoms with Crippen molar-refractivity contribution in [3.05, 3.63) is 24.3 Å². The van der Waals surface area contributed by atoms with E-state index in [2.05, 4.69) is 31.2 Å². The van der Waals surface area contributed by atoms with Gasteiger partial charge in [0.2, 0.25) is 23.5 Å². The van der Waals surface area contributed by atoms with E-state index in [1.54, 1.807) is 18.7 Å². The smallest absolute Gasteiger partial charge is 0.289 e. The molecule has 1 aromatic rings. The summed E-state index contributed by atoms with van der Waals surface area (Å²) in [7, 11) is 0. The highest BCUT2D eigenvalue weighted by atomic mass is 16.2. The lowest BCUT2D eigenvalue weighted by atomic mass is 9.85. The third-order valence-electron chi connectivity index (χ3n) is 9.75. The SMILES string of the molecule is CCCC(NC(=O)C1[C@H]2CCC[C@H]2CN1C(=O)C(NC(=O)[C@H](NC(=O)c1cnccn1)C(C)C)C(C)(C)C)C(=O)C(=O)NC1CCC1. The molecular weight excluding hydrogens is 602 g/mol. The average molecular weight is 654 g/mol. The van der Waals surface area contributed by atoms with Gasteiger partial charge in [-0.2, -0.15) is 0 Å². The van der Waals surface area contributed by atoms with Gasteiger partial charge in [0, 0.05) is 25.0 Å². The number of fused-ring (bicyclic) bond motifs is 1. The van der Waals surface area contributed by atoms with E-state index in [0.29, 0.717) is 19.4 Å². The minimum absolute atomic E-state index is 0.00760. The van der Waals surface area contributed by atoms with E-state index < -0.39 is 64.9 Å². The van der Waals surface area contributed by atoms with Gasteiger partial charge in [-0.1, -0.05) is 54.4 Å². The molecule has 13 heteroatoms. The molecule has 3 fully saturated rings. The van der Waals surface area contributed by atoms with Crippen LogP contribution in [-0.2, 0) is 24.0 Å². The Labute approximate surface area is 277 Å². The zero-order valence-corrected chi connectivity index (χ0v) is 28.5. The van der Waals surface area contributed by atoms with Crippen LogP contribution in [0.2, 0.25) is 0 Å². The molecule has 1 aliphatic heterocycles. The van der Waals surface area contributed by atoms with E-state index >= 15 is 0 Å². The predicted octanol–water partition coefficient (Wildman–Crippen LogP) is 1.91. The molecule has 2 saturated carbocycles. The van der Waals surface area contributed by atoms with Gasteiger partial charge in [-0.25, -0.2) is 4.98 Å². The molecule has 3 unspecified atom stereocenters. The molecule has 258 valence electrons. The van der Waals surface area contributed by atoms with Crippen LogP contribution in [0.3, 0.4) is 0 Å². The van der Waals surface area contributed by atoms with Crippen LogP contribution in [0, 0.1) is 23.2 Å². The number of hydrogen-bond donors (Lipinski definition) is 4. The lowest BCUT2D eigenvalue weighted by molar-refractivity contribution is -0.146. The zero-order valence-electron chi connectivity index (χ0n) is 28.5. The maximum Gasteiger partial charge on any atom is 0.289 e. The van der Waals surface area contributed by atoms with Crippen molar-refractivity contribution in [3.8, 4) is 0 Å². The molecule has 2 heterocycles. The second kappa shape index (κ2) is 15.3. The summed E-state index contributed by atoms with van der Waals surface area (Å²) in [4.78, 5) is 90.4. The number of ketones is 1. The molecule has 4 N–H and O–H groups in total. The van der Waals surface area contributed by atoms with E-state index in [1.807, 2.05) is 27.7 Å². The minimum Gasteiger partial charge on any atom is -0.347 e. The van der Waals surface area contributed by atoms with Crippen molar-refractivity contribution in [1.82, 2.24) is 36.1 Å². The Balaban J connectivity index is 1.53. The normalized spacial score (nSPS) is 22.8. The summed E-state index contributed by atoms with van der Waals surface area (Å²) in [6.07, 6.45) is 10.3. The third kappa shape index (κ3) is 8.53. The van der Waals surface area contributed by atoms with Gasteiger partial charge >= 0.3 is 0 Å². The van der Waals surface area contributed by atoms with Gasteiger partial charge < -0.3 is 26.2 Å². The van der Waals surface area contributed by atoms with Crippen molar-refractivity contribution in [2.45, 2.75) is 123 Å². The fourth-order valence-corrected chi connectivity index (χ4v) is 6.86. The molecule has 0 aromatic carbocycles. The summed E-state index contributed by atoms with van der Waals surface area (Å²) in [6.45, 7) is 11.3. The Bertz CT molecular complexity index is 1330. The fourth-order valence-electron chi connectivity index (χ4n) is 6.86. The van der Waals surface area contributed by atoms with Crippen LogP contribution in [0.25, 0.3) is 0 Å². The van der Waals surface area contributed by atoms with Crippen molar-refractivity contribution in [3.63, 3.8) is 0 Å². The predicted molar refractivity (Wildman–Crippen MR) is 173 cm³/mol. The third-order valence-corrected chi connectivity index (χ3v) is 9.75. The van der Waals surface area contributed by atoms with Crippen LogP contribution in [0.4, 0.5) is 0 Å². The summed E-state index contributed by atoms with van der Waals surface area (Å²) in [6, 6.07) is -3.82. The summed E-state index contributed by atoms with van der Waals surface area (Å²) in [5.41, 5.74) is -0.686. The molecule has 5 amide bonds. The quantitative estimate of drug-likeness (QED) is 0.233. The van der Waals surface area contributed by atoms with Gasteiger partial charge in [0.1, 0.15) is 23.8 Å². The Morgan fingerprint density at radius 2 is 1.66 bits per heavy atom. The topological polar surface area (TPSA) is 180 Å². The molecular formula is C34H51N7O6. The van der Waals surface area contributed by atoms with Crippen LogP contribution < -0.4 is 21.3 Å². The van der Waals surface area contributed by atoms with Crippen molar-refractivity contribution >= 4 is 35.3 Å². The fraction of sp³-hybridized carbons (Fsp3) is 0.706. The number of carbonyl (C=O) groups is 6. The molecule has 6 atom stereocenters. The van der Waals surface area contributed by atoms with Crippen LogP contribution in [0.15, 0.2) is 18.6 Å². The van der Waals surface area contributed by atoms with Crippen LogP contribution in [0.1, 0.15) is 103 Å².